The van der Waals surface area contributed by atoms with E-state index in [2.05, 4.69) is 16.0 Å². The van der Waals surface area contributed by atoms with E-state index in [4.69, 9.17) is 0 Å². The van der Waals surface area contributed by atoms with Crippen LogP contribution in [0.4, 0.5) is 5.69 Å². The van der Waals surface area contributed by atoms with Gasteiger partial charge in [-0.05, 0) is 31.2 Å². The van der Waals surface area contributed by atoms with Crippen molar-refractivity contribution in [2.24, 2.45) is 0 Å². The Balaban J connectivity index is 1.57. The van der Waals surface area contributed by atoms with Crippen molar-refractivity contribution >= 4 is 29.3 Å². The van der Waals surface area contributed by atoms with Crippen molar-refractivity contribution in [2.45, 2.75) is 17.1 Å². The van der Waals surface area contributed by atoms with Gasteiger partial charge in [0.15, 0.2) is 11.4 Å². The second-order valence-corrected chi connectivity index (χ2v) is 7.51. The molecule has 1 heterocycles. The molecule has 1 unspecified atom stereocenters. The summed E-state index contributed by atoms with van der Waals surface area (Å²) in [5.74, 6) is -1.60. The zero-order valence-corrected chi connectivity index (χ0v) is 16.5. The number of rotatable bonds is 6. The third-order valence-corrected chi connectivity index (χ3v) is 5.07. The Bertz CT molecular complexity index is 1070. The van der Waals surface area contributed by atoms with E-state index in [0.717, 1.165) is 0 Å². The Kier molecular flexibility index (Phi) is 6.32. The number of non-ortho nitro benzene ring substituents is 1. The molecular weight excluding hydrogens is 410 g/mol. The molecule has 0 aliphatic heterocycles. The Morgan fingerprint density at radius 2 is 1.80 bits per heavy atom. The molecule has 3 aromatic rings. The summed E-state index contributed by atoms with van der Waals surface area (Å²) in [6, 6.07) is 14.7. The topological polar surface area (TPSA) is 139 Å². The van der Waals surface area contributed by atoms with Crippen LogP contribution in [0.25, 0.3) is 5.69 Å². The largest absolute Gasteiger partial charge is 0.504 e. The lowest BCUT2D eigenvalue weighted by molar-refractivity contribution is -0.384. The molecule has 0 radical (unpaired) electrons. The summed E-state index contributed by atoms with van der Waals surface area (Å²) < 4.78 is 1.35. The molecule has 10 nitrogen and oxygen atoms in total. The SMILES string of the molecule is CC(Sc1ccc([N+](=O)[O-])cc1)C(=O)NNC(=O)c1nn(-c2ccccc2)cc1O. The first-order valence-electron chi connectivity index (χ1n) is 8.70. The number of nitro groups is 1. The fourth-order valence-electron chi connectivity index (χ4n) is 2.42. The lowest BCUT2D eigenvalue weighted by atomic mass is 10.3. The van der Waals surface area contributed by atoms with E-state index >= 15 is 0 Å². The number of carbonyl (C=O) groups is 2. The van der Waals surface area contributed by atoms with E-state index in [1.54, 1.807) is 43.3 Å². The number of hydrogen-bond acceptors (Lipinski definition) is 7. The summed E-state index contributed by atoms with van der Waals surface area (Å²) in [7, 11) is 0. The minimum absolute atomic E-state index is 0.0431. The van der Waals surface area contributed by atoms with Gasteiger partial charge in [-0.25, -0.2) is 4.68 Å². The van der Waals surface area contributed by atoms with Gasteiger partial charge in [0.05, 0.1) is 22.1 Å². The molecule has 30 heavy (non-hydrogen) atoms. The number of benzene rings is 2. The van der Waals surface area contributed by atoms with Gasteiger partial charge in [0, 0.05) is 17.0 Å². The highest BCUT2D eigenvalue weighted by atomic mass is 32.2. The number of hydrogen-bond donors (Lipinski definition) is 3. The number of amides is 2. The maximum Gasteiger partial charge on any atom is 0.294 e. The summed E-state index contributed by atoms with van der Waals surface area (Å²) in [4.78, 5) is 35.3. The molecule has 3 N–H and O–H groups in total. The highest BCUT2D eigenvalue weighted by Crippen LogP contribution is 2.25. The fourth-order valence-corrected chi connectivity index (χ4v) is 3.29. The summed E-state index contributed by atoms with van der Waals surface area (Å²) in [6.07, 6.45) is 1.29. The van der Waals surface area contributed by atoms with Crippen LogP contribution in [-0.2, 0) is 4.79 Å². The van der Waals surface area contributed by atoms with Crippen molar-refractivity contribution in [3.8, 4) is 11.4 Å². The Morgan fingerprint density at radius 3 is 2.43 bits per heavy atom. The van der Waals surface area contributed by atoms with Crippen LogP contribution in [0.15, 0.2) is 65.7 Å². The maximum atomic E-state index is 12.3. The molecule has 2 amide bonds. The highest BCUT2D eigenvalue weighted by Gasteiger charge is 2.20. The molecule has 154 valence electrons. The third-order valence-electron chi connectivity index (χ3n) is 3.96. The van der Waals surface area contributed by atoms with Crippen LogP contribution in [0, 0.1) is 10.1 Å². The summed E-state index contributed by atoms with van der Waals surface area (Å²) >= 11 is 1.17. The van der Waals surface area contributed by atoms with Crippen LogP contribution in [0.5, 0.6) is 5.75 Å². The number of nitrogens with one attached hydrogen (secondary N) is 2. The Hall–Kier alpha value is -3.86. The van der Waals surface area contributed by atoms with Crippen molar-refractivity contribution < 1.29 is 19.6 Å². The molecule has 0 saturated heterocycles. The summed E-state index contributed by atoms with van der Waals surface area (Å²) in [5.41, 5.74) is 4.87. The van der Waals surface area contributed by atoms with Crippen molar-refractivity contribution in [2.75, 3.05) is 0 Å². The summed E-state index contributed by atoms with van der Waals surface area (Å²) in [5, 5.41) is 24.1. The van der Waals surface area contributed by atoms with E-state index in [1.807, 2.05) is 6.07 Å². The molecule has 3 rings (SSSR count). The lowest BCUT2D eigenvalue weighted by Crippen LogP contribution is -2.45. The molecule has 0 bridgehead atoms. The Morgan fingerprint density at radius 1 is 1.13 bits per heavy atom. The maximum absolute atomic E-state index is 12.3. The monoisotopic (exact) mass is 427 g/mol. The normalized spacial score (nSPS) is 11.5. The van der Waals surface area contributed by atoms with E-state index in [-0.39, 0.29) is 17.1 Å². The van der Waals surface area contributed by atoms with E-state index < -0.39 is 22.0 Å². The number of nitro benzene ring substituents is 1. The molecule has 1 aromatic heterocycles. The minimum atomic E-state index is -0.775. The smallest absolute Gasteiger partial charge is 0.294 e. The lowest BCUT2D eigenvalue weighted by Gasteiger charge is -2.12. The van der Waals surface area contributed by atoms with Gasteiger partial charge in [0.25, 0.3) is 17.5 Å². The molecule has 11 heteroatoms. The van der Waals surface area contributed by atoms with Crippen LogP contribution in [0.2, 0.25) is 0 Å². The predicted octanol–water partition coefficient (Wildman–Crippen LogP) is 2.43. The molecule has 0 aliphatic carbocycles. The van der Waals surface area contributed by atoms with Crippen LogP contribution < -0.4 is 10.9 Å². The average molecular weight is 427 g/mol. The number of aromatic hydroxyl groups is 1. The molecule has 0 fully saturated rings. The molecule has 0 aliphatic rings. The minimum Gasteiger partial charge on any atom is -0.504 e. The third kappa shape index (κ3) is 4.94. The van der Waals surface area contributed by atoms with Crippen LogP contribution >= 0.6 is 11.8 Å². The number of hydrazine groups is 1. The van der Waals surface area contributed by atoms with Gasteiger partial charge < -0.3 is 5.11 Å². The fraction of sp³-hybridized carbons (Fsp3) is 0.105. The van der Waals surface area contributed by atoms with Gasteiger partial charge in [-0.2, -0.15) is 5.10 Å². The van der Waals surface area contributed by atoms with Crippen molar-refractivity contribution in [1.29, 1.82) is 0 Å². The second kappa shape index (κ2) is 9.09. The first kappa shape index (κ1) is 20.9. The molecule has 1 atom stereocenters. The number of para-hydroxylation sites is 1. The average Bonchev–Trinajstić information content (AvgIpc) is 3.14. The molecule has 0 spiro atoms. The standard InChI is InChI=1S/C19H17N5O5S/c1-12(30-15-9-7-14(8-10-15)24(28)29)18(26)20-21-19(27)17-16(25)11-23(22-17)13-5-3-2-4-6-13/h2-12,25H,1H3,(H,20,26)(H,21,27). The van der Waals surface area contributed by atoms with Gasteiger partial charge in [-0.1, -0.05) is 18.2 Å². The highest BCUT2D eigenvalue weighted by molar-refractivity contribution is 8.00. The van der Waals surface area contributed by atoms with Crippen molar-refractivity contribution in [3.05, 3.63) is 76.6 Å². The van der Waals surface area contributed by atoms with Crippen LogP contribution in [-0.4, -0.2) is 36.9 Å². The van der Waals surface area contributed by atoms with Crippen LogP contribution in [0.1, 0.15) is 17.4 Å². The van der Waals surface area contributed by atoms with Crippen LogP contribution in [0.3, 0.4) is 0 Å². The van der Waals surface area contributed by atoms with Gasteiger partial charge in [0.1, 0.15) is 0 Å². The zero-order chi connectivity index (χ0) is 21.7. The second-order valence-electron chi connectivity index (χ2n) is 6.10. The van der Waals surface area contributed by atoms with Gasteiger partial charge in [-0.3, -0.25) is 30.6 Å². The predicted molar refractivity (Wildman–Crippen MR) is 109 cm³/mol. The molecule has 0 saturated carbocycles. The summed E-state index contributed by atoms with van der Waals surface area (Å²) in [6.45, 7) is 1.62. The Labute approximate surface area is 175 Å². The number of thioether (sulfide) groups is 1. The number of carbonyl (C=O) groups excluding carboxylic acids is 2. The quantitative estimate of drug-likeness (QED) is 0.312. The van der Waals surface area contributed by atoms with E-state index in [1.165, 1.54) is 34.8 Å². The number of aromatic nitrogens is 2. The first-order valence-corrected chi connectivity index (χ1v) is 9.58. The van der Waals surface area contributed by atoms with E-state index in [0.29, 0.717) is 10.6 Å². The number of nitrogens with zero attached hydrogens (tertiary/aromatic N) is 3. The molecular formula is C19H17N5O5S. The van der Waals surface area contributed by atoms with Crippen molar-refractivity contribution in [1.82, 2.24) is 20.6 Å². The van der Waals surface area contributed by atoms with Crippen molar-refractivity contribution in [3.63, 3.8) is 0 Å². The van der Waals surface area contributed by atoms with Gasteiger partial charge >= 0.3 is 0 Å². The van der Waals surface area contributed by atoms with E-state index in [9.17, 15) is 24.8 Å². The van der Waals surface area contributed by atoms with Gasteiger partial charge in [-0.15, -0.1) is 11.8 Å². The molecule has 2 aromatic carbocycles. The first-order chi connectivity index (χ1) is 14.3. The zero-order valence-electron chi connectivity index (χ0n) is 15.7. The van der Waals surface area contributed by atoms with Gasteiger partial charge in [0.2, 0.25) is 0 Å².